The summed E-state index contributed by atoms with van der Waals surface area (Å²) in [6.07, 6.45) is 0.931. The van der Waals surface area contributed by atoms with Crippen molar-refractivity contribution in [2.75, 3.05) is 40.6 Å². The molecule has 10 heteroatoms. The van der Waals surface area contributed by atoms with Crippen LogP contribution in [0.2, 0.25) is 0 Å². The van der Waals surface area contributed by atoms with Gasteiger partial charge in [0.25, 0.3) is 5.69 Å². The fourth-order valence-electron chi connectivity index (χ4n) is 1.87. The molecular formula is C18H25N3O6S. The first-order valence-corrected chi connectivity index (χ1v) is 10.1. The normalized spacial score (nSPS) is 11.2. The zero-order chi connectivity index (χ0) is 21.4. The van der Waals surface area contributed by atoms with Crippen LogP contribution >= 0.6 is 0 Å². The van der Waals surface area contributed by atoms with Crippen LogP contribution in [-0.2, 0) is 10.0 Å². The van der Waals surface area contributed by atoms with Crippen molar-refractivity contribution in [3.8, 4) is 11.5 Å². The summed E-state index contributed by atoms with van der Waals surface area (Å²) in [7, 11) is 2.51. The minimum atomic E-state index is -3.65. The number of ether oxygens (including phenoxy) is 1. The molecule has 0 aliphatic heterocycles. The Hall–Kier alpha value is -2.69. The van der Waals surface area contributed by atoms with Crippen LogP contribution in [0, 0.1) is 10.1 Å². The highest BCUT2D eigenvalue weighted by atomic mass is 32.2. The van der Waals surface area contributed by atoms with Crippen molar-refractivity contribution >= 4 is 21.4 Å². The molecule has 0 atom stereocenters. The maximum Gasteiger partial charge on any atom is 0.273 e. The third kappa shape index (κ3) is 9.31. The number of sulfonamides is 1. The maximum atomic E-state index is 11.3. The van der Waals surface area contributed by atoms with E-state index in [2.05, 4.69) is 25.9 Å². The van der Waals surface area contributed by atoms with Crippen LogP contribution < -0.4 is 4.74 Å². The second-order valence-corrected chi connectivity index (χ2v) is 8.53. The molecule has 0 radical (unpaired) electrons. The fourth-order valence-corrected chi connectivity index (χ4v) is 2.38. The van der Waals surface area contributed by atoms with E-state index in [1.807, 2.05) is 0 Å². The minimum Gasteiger partial charge on any atom is -0.574 e. The van der Waals surface area contributed by atoms with E-state index < -0.39 is 14.9 Å². The Balaban J connectivity index is 0.000000480. The summed E-state index contributed by atoms with van der Waals surface area (Å²) in [5.74, 6) is 0.420. The van der Waals surface area contributed by atoms with Gasteiger partial charge in [-0.2, -0.15) is 0 Å². The lowest BCUT2D eigenvalue weighted by atomic mass is 10.2. The standard InChI is InChI=1S/C13H11N2O5S.C5H14NO/c1-21(18,19)14-12-8-7-10(15(16)17)9-13(12)20-11-5-3-2-4-6-11;1-6(2,3)4-5-7/h2-9H,1H3;7H,4-5H2,1-3H3/q-1;+1. The van der Waals surface area contributed by atoms with Crippen LogP contribution in [-0.4, -0.2) is 63.5 Å². The van der Waals surface area contributed by atoms with Gasteiger partial charge < -0.3 is 19.0 Å². The number of non-ortho nitro benzene ring substituents is 1. The van der Waals surface area contributed by atoms with Crippen molar-refractivity contribution < 1.29 is 27.7 Å². The second-order valence-electron chi connectivity index (χ2n) is 6.89. The topological polar surface area (TPSA) is 121 Å². The number of likely N-dealkylation sites (N-methyl/N-ethyl adjacent to an activating group) is 1. The van der Waals surface area contributed by atoms with E-state index in [-0.39, 0.29) is 23.7 Å². The quantitative estimate of drug-likeness (QED) is 0.425. The Kier molecular flexibility index (Phi) is 8.35. The molecule has 0 unspecified atom stereocenters. The number of nitro benzene ring substituents is 1. The number of aliphatic hydroxyl groups is 1. The first-order chi connectivity index (χ1) is 12.9. The number of hydrogen-bond acceptors (Lipinski definition) is 6. The van der Waals surface area contributed by atoms with Crippen LogP contribution in [0.4, 0.5) is 11.4 Å². The maximum absolute atomic E-state index is 11.3. The van der Waals surface area contributed by atoms with Gasteiger partial charge in [-0.25, -0.2) is 8.42 Å². The molecule has 0 aliphatic carbocycles. The van der Waals surface area contributed by atoms with Gasteiger partial charge in [0, 0.05) is 12.3 Å². The molecule has 0 aromatic heterocycles. The number of nitro groups is 1. The summed E-state index contributed by atoms with van der Waals surface area (Å²) >= 11 is 0. The highest BCUT2D eigenvalue weighted by molar-refractivity contribution is 7.93. The highest BCUT2D eigenvalue weighted by Gasteiger charge is 2.10. The number of para-hydroxylation sites is 1. The molecule has 0 aliphatic rings. The number of rotatable bonds is 7. The Bertz CT molecular complexity index is 880. The fraction of sp³-hybridized carbons (Fsp3) is 0.333. The van der Waals surface area contributed by atoms with E-state index in [1.54, 1.807) is 30.3 Å². The largest absolute Gasteiger partial charge is 0.574 e. The molecule has 0 amide bonds. The zero-order valence-corrected chi connectivity index (χ0v) is 17.1. The number of hydrogen-bond donors (Lipinski definition) is 1. The van der Waals surface area contributed by atoms with Crippen molar-refractivity contribution in [2.45, 2.75) is 0 Å². The monoisotopic (exact) mass is 411 g/mol. The first-order valence-electron chi connectivity index (χ1n) is 8.27. The van der Waals surface area contributed by atoms with Gasteiger partial charge in [-0.3, -0.25) is 10.1 Å². The molecule has 0 bridgehead atoms. The molecule has 154 valence electrons. The summed E-state index contributed by atoms with van der Waals surface area (Å²) in [4.78, 5) is 10.2. The van der Waals surface area contributed by atoms with Crippen molar-refractivity contribution in [1.29, 1.82) is 0 Å². The minimum absolute atomic E-state index is 0.000764. The van der Waals surface area contributed by atoms with Crippen molar-refractivity contribution in [3.05, 3.63) is 63.4 Å². The molecule has 2 aromatic carbocycles. The van der Waals surface area contributed by atoms with E-state index in [1.165, 1.54) is 12.1 Å². The SMILES string of the molecule is CS(=O)(=O)[N-]c1ccc([N+](=O)[O-])cc1Oc1ccccc1.C[N+](C)(C)CCO. The number of benzene rings is 2. The summed E-state index contributed by atoms with van der Waals surface area (Å²) in [6.45, 7) is 1.11. The van der Waals surface area contributed by atoms with Gasteiger partial charge in [0.15, 0.2) is 0 Å². The molecule has 2 rings (SSSR count). The van der Waals surface area contributed by atoms with Crippen LogP contribution in [0.25, 0.3) is 4.72 Å². The molecule has 28 heavy (non-hydrogen) atoms. The van der Waals surface area contributed by atoms with E-state index in [4.69, 9.17) is 9.84 Å². The molecular weight excluding hydrogens is 386 g/mol. The number of nitrogens with zero attached hydrogens (tertiary/aromatic N) is 3. The van der Waals surface area contributed by atoms with Crippen LogP contribution in [0.15, 0.2) is 48.5 Å². The molecule has 0 spiro atoms. The average Bonchev–Trinajstić information content (AvgIpc) is 2.55. The zero-order valence-electron chi connectivity index (χ0n) is 16.3. The Morgan fingerprint density at radius 1 is 1.14 bits per heavy atom. The van der Waals surface area contributed by atoms with Gasteiger partial charge in [-0.05, 0) is 12.1 Å². The lowest BCUT2D eigenvalue weighted by Crippen LogP contribution is -2.36. The third-order valence-corrected chi connectivity index (χ3v) is 3.69. The van der Waals surface area contributed by atoms with Crippen molar-refractivity contribution in [2.24, 2.45) is 0 Å². The van der Waals surface area contributed by atoms with Gasteiger partial charge in [-0.1, -0.05) is 30.0 Å². The second kappa shape index (κ2) is 10.0. The Morgan fingerprint density at radius 2 is 1.75 bits per heavy atom. The Labute approximate surface area is 165 Å². The molecule has 0 fully saturated rings. The molecule has 9 nitrogen and oxygen atoms in total. The summed E-state index contributed by atoms with van der Waals surface area (Å²) in [6, 6.07) is 12.0. The number of aliphatic hydroxyl groups excluding tert-OH is 1. The lowest BCUT2D eigenvalue weighted by Gasteiger charge is -2.22. The van der Waals surface area contributed by atoms with Crippen LogP contribution in [0.1, 0.15) is 0 Å². The predicted octanol–water partition coefficient (Wildman–Crippen LogP) is 3.04. The summed E-state index contributed by atoms with van der Waals surface area (Å²) in [5, 5.41) is 19.2. The van der Waals surface area contributed by atoms with E-state index in [9.17, 15) is 18.5 Å². The van der Waals surface area contributed by atoms with E-state index in [0.29, 0.717) is 5.75 Å². The summed E-state index contributed by atoms with van der Waals surface area (Å²) < 4.78 is 32.4. The lowest BCUT2D eigenvalue weighted by molar-refractivity contribution is -0.870. The third-order valence-electron chi connectivity index (χ3n) is 3.16. The van der Waals surface area contributed by atoms with Gasteiger partial charge >= 0.3 is 0 Å². The van der Waals surface area contributed by atoms with Crippen LogP contribution in [0.3, 0.4) is 0 Å². The van der Waals surface area contributed by atoms with Gasteiger partial charge in [-0.15, -0.1) is 0 Å². The number of quaternary nitrogens is 1. The van der Waals surface area contributed by atoms with Gasteiger partial charge in [0.1, 0.15) is 18.0 Å². The molecule has 2 aromatic rings. The first kappa shape index (κ1) is 23.3. The highest BCUT2D eigenvalue weighted by Crippen LogP contribution is 2.38. The average molecular weight is 411 g/mol. The molecule has 1 N–H and O–H groups in total. The van der Waals surface area contributed by atoms with Crippen LogP contribution in [0.5, 0.6) is 11.5 Å². The van der Waals surface area contributed by atoms with Crippen molar-refractivity contribution in [1.82, 2.24) is 0 Å². The van der Waals surface area contributed by atoms with E-state index >= 15 is 0 Å². The molecule has 0 heterocycles. The van der Waals surface area contributed by atoms with E-state index in [0.717, 1.165) is 23.3 Å². The van der Waals surface area contributed by atoms with Gasteiger partial charge in [0.2, 0.25) is 0 Å². The predicted molar refractivity (Wildman–Crippen MR) is 107 cm³/mol. The smallest absolute Gasteiger partial charge is 0.273 e. The molecule has 0 saturated carbocycles. The van der Waals surface area contributed by atoms with Crippen molar-refractivity contribution in [3.63, 3.8) is 0 Å². The summed E-state index contributed by atoms with van der Waals surface area (Å²) in [5.41, 5.74) is -0.208. The van der Waals surface area contributed by atoms with Gasteiger partial charge in [0.05, 0.1) is 48.8 Å². The molecule has 0 saturated heterocycles. The Morgan fingerprint density at radius 3 is 2.18 bits per heavy atom.